The van der Waals surface area contributed by atoms with Gasteiger partial charge in [-0.25, -0.2) is 0 Å². The van der Waals surface area contributed by atoms with Crippen LogP contribution in [0.3, 0.4) is 0 Å². The average molecular weight is 190 g/mol. The zero-order valence-electron chi connectivity index (χ0n) is 7.49. The van der Waals surface area contributed by atoms with Crippen LogP contribution in [-0.2, 0) is 5.75 Å². The van der Waals surface area contributed by atoms with E-state index in [1.54, 1.807) is 5.04 Å². The smallest absolute Gasteiger partial charge is 0.190 e. The van der Waals surface area contributed by atoms with Gasteiger partial charge in [0.1, 0.15) is 6.54 Å². The van der Waals surface area contributed by atoms with E-state index in [1.165, 1.54) is 36.4 Å². The fourth-order valence-corrected chi connectivity index (χ4v) is 3.31. The molecular weight excluding hydrogens is 178 g/mol. The Labute approximate surface area is 82.5 Å². The van der Waals surface area contributed by atoms with Crippen LogP contribution in [0.1, 0.15) is 18.4 Å². The van der Waals surface area contributed by atoms with Crippen molar-refractivity contribution in [3.63, 3.8) is 0 Å². The Morgan fingerprint density at radius 2 is 2.15 bits per heavy atom. The van der Waals surface area contributed by atoms with Gasteiger partial charge in [-0.15, -0.1) is 0 Å². The molecule has 13 heavy (non-hydrogen) atoms. The van der Waals surface area contributed by atoms with Crippen molar-refractivity contribution in [3.05, 3.63) is 29.8 Å². The first-order chi connectivity index (χ1) is 6.45. The van der Waals surface area contributed by atoms with Gasteiger partial charge >= 0.3 is 0 Å². The van der Waals surface area contributed by atoms with E-state index >= 15 is 0 Å². The highest BCUT2D eigenvalue weighted by Gasteiger charge is 2.30. The van der Waals surface area contributed by atoms with Gasteiger partial charge in [0.25, 0.3) is 0 Å². The van der Waals surface area contributed by atoms with Gasteiger partial charge in [0.15, 0.2) is 0 Å². The molecule has 1 nitrogen and oxygen atoms in total. The number of hydrogen-bond acceptors (Lipinski definition) is 1. The van der Waals surface area contributed by atoms with E-state index in [4.69, 9.17) is 0 Å². The van der Waals surface area contributed by atoms with Crippen LogP contribution in [0.5, 0.6) is 0 Å². The summed E-state index contributed by atoms with van der Waals surface area (Å²) in [4.78, 5) is 0. The maximum atomic E-state index is 2.49. The van der Waals surface area contributed by atoms with Gasteiger partial charge in [-0.05, 0) is 0 Å². The monoisotopic (exact) mass is 190 g/mol. The Bertz CT molecular complexity index is 381. The topological polar surface area (TPSA) is 3.01 Å². The number of fused-ring (bicyclic) bond motifs is 2. The third kappa shape index (κ3) is 1.12. The molecule has 0 bridgehead atoms. The molecule has 0 unspecified atom stereocenters. The Balaban J connectivity index is 2.18. The number of benzene rings is 1. The first-order valence-electron chi connectivity index (χ1n) is 4.79. The van der Waals surface area contributed by atoms with Gasteiger partial charge in [-0.3, -0.25) is 0 Å². The number of para-hydroxylation sites is 1. The second kappa shape index (κ2) is 2.88. The molecule has 0 saturated heterocycles. The summed E-state index contributed by atoms with van der Waals surface area (Å²) in [5, 5.41) is 1.58. The predicted octanol–water partition coefficient (Wildman–Crippen LogP) is 2.77. The Hall–Kier alpha value is -0.760. The van der Waals surface area contributed by atoms with Crippen molar-refractivity contribution in [2.24, 2.45) is 0 Å². The van der Waals surface area contributed by atoms with Gasteiger partial charge in [-0.1, -0.05) is 30.0 Å². The predicted molar refractivity (Wildman–Crippen MR) is 56.8 cm³/mol. The molecule has 2 aliphatic rings. The summed E-state index contributed by atoms with van der Waals surface area (Å²) in [6.07, 6.45) is 2.62. The molecule has 0 fully saturated rings. The molecule has 2 heterocycles. The summed E-state index contributed by atoms with van der Waals surface area (Å²) in [5.41, 5.74) is 2.95. The number of hydrogen-bond donors (Lipinski definition) is 0. The van der Waals surface area contributed by atoms with Crippen molar-refractivity contribution in [1.82, 2.24) is 0 Å². The fraction of sp³-hybridized carbons (Fsp3) is 0.364. The van der Waals surface area contributed by atoms with E-state index in [2.05, 4.69) is 28.8 Å². The lowest BCUT2D eigenvalue weighted by molar-refractivity contribution is -0.429. The lowest BCUT2D eigenvalue weighted by atomic mass is 10.2. The minimum absolute atomic E-state index is 1.17. The number of thioether (sulfide) groups is 1. The maximum absolute atomic E-state index is 2.49. The SMILES string of the molecule is c1ccc2c(c1)CSC1=[N+]2CCC1. The highest BCUT2D eigenvalue weighted by atomic mass is 32.2. The highest BCUT2D eigenvalue weighted by molar-refractivity contribution is 8.13. The van der Waals surface area contributed by atoms with E-state index in [-0.39, 0.29) is 0 Å². The van der Waals surface area contributed by atoms with Crippen molar-refractivity contribution in [3.8, 4) is 0 Å². The molecule has 3 rings (SSSR count). The molecular formula is C11H12NS+. The zero-order valence-corrected chi connectivity index (χ0v) is 8.31. The van der Waals surface area contributed by atoms with Crippen LogP contribution in [0, 0.1) is 0 Å². The standard InChI is InChI=1S/C11H12NS/c1-2-5-10-9(4-1)8-13-11-6-3-7-12(10)11/h1-2,4-5H,3,6-8H2/q+1. The third-order valence-corrected chi connectivity index (χ3v) is 3.96. The summed E-state index contributed by atoms with van der Waals surface area (Å²) in [5.74, 6) is 1.17. The van der Waals surface area contributed by atoms with Crippen molar-refractivity contribution in [1.29, 1.82) is 0 Å². The summed E-state index contributed by atoms with van der Waals surface area (Å²) in [7, 11) is 0. The van der Waals surface area contributed by atoms with E-state index in [0.29, 0.717) is 0 Å². The average Bonchev–Trinajstić information content (AvgIpc) is 2.65. The zero-order chi connectivity index (χ0) is 8.67. The lowest BCUT2D eigenvalue weighted by Gasteiger charge is -2.11. The van der Waals surface area contributed by atoms with Crippen LogP contribution >= 0.6 is 11.8 Å². The largest absolute Gasteiger partial charge is 0.216 e. The second-order valence-electron chi connectivity index (χ2n) is 3.57. The number of rotatable bonds is 0. The van der Waals surface area contributed by atoms with E-state index in [9.17, 15) is 0 Å². The molecule has 0 radical (unpaired) electrons. The Morgan fingerprint density at radius 3 is 3.15 bits per heavy atom. The molecule has 0 aliphatic carbocycles. The van der Waals surface area contributed by atoms with Crippen LogP contribution in [0.15, 0.2) is 24.3 Å². The molecule has 1 aromatic carbocycles. The molecule has 1 aromatic rings. The lowest BCUT2D eigenvalue weighted by Crippen LogP contribution is -2.12. The number of nitrogens with zero attached hydrogens (tertiary/aromatic N) is 1. The van der Waals surface area contributed by atoms with Gasteiger partial charge in [-0.2, -0.15) is 4.58 Å². The molecule has 2 aliphatic heterocycles. The van der Waals surface area contributed by atoms with Gasteiger partial charge in [0.2, 0.25) is 10.7 Å². The first kappa shape index (κ1) is 7.63. The quantitative estimate of drug-likeness (QED) is 0.568. The van der Waals surface area contributed by atoms with Crippen LogP contribution in [0.4, 0.5) is 5.69 Å². The molecule has 0 atom stereocenters. The Morgan fingerprint density at radius 1 is 1.23 bits per heavy atom. The first-order valence-corrected chi connectivity index (χ1v) is 5.78. The van der Waals surface area contributed by atoms with Gasteiger partial charge in [0.05, 0.1) is 0 Å². The molecule has 66 valence electrons. The fourth-order valence-electron chi connectivity index (χ4n) is 2.11. The van der Waals surface area contributed by atoms with E-state index in [1.807, 2.05) is 11.8 Å². The van der Waals surface area contributed by atoms with Gasteiger partial charge in [0, 0.05) is 30.2 Å². The van der Waals surface area contributed by atoms with Crippen molar-refractivity contribution in [2.75, 3.05) is 6.54 Å². The third-order valence-electron chi connectivity index (χ3n) is 2.75. The van der Waals surface area contributed by atoms with Crippen LogP contribution in [-0.4, -0.2) is 16.2 Å². The second-order valence-corrected chi connectivity index (χ2v) is 4.61. The summed E-state index contributed by atoms with van der Waals surface area (Å²) in [6.45, 7) is 1.22. The van der Waals surface area contributed by atoms with Crippen molar-refractivity contribution in [2.45, 2.75) is 18.6 Å². The molecule has 0 saturated carbocycles. The summed E-state index contributed by atoms with van der Waals surface area (Å²) >= 11 is 2.02. The molecule has 0 aromatic heterocycles. The maximum Gasteiger partial charge on any atom is 0.216 e. The molecule has 0 N–H and O–H groups in total. The molecule has 2 heteroatoms. The van der Waals surface area contributed by atoms with Crippen LogP contribution in [0.2, 0.25) is 0 Å². The van der Waals surface area contributed by atoms with Gasteiger partial charge < -0.3 is 0 Å². The van der Waals surface area contributed by atoms with Crippen LogP contribution in [0.25, 0.3) is 0 Å². The van der Waals surface area contributed by atoms with Crippen LogP contribution < -0.4 is 0 Å². The molecule has 0 spiro atoms. The normalized spacial score (nSPS) is 20.0. The Kier molecular flexibility index (Phi) is 1.69. The molecule has 0 amide bonds. The minimum atomic E-state index is 1.17. The van der Waals surface area contributed by atoms with Crippen molar-refractivity contribution < 1.29 is 4.58 Å². The van der Waals surface area contributed by atoms with E-state index < -0.39 is 0 Å². The van der Waals surface area contributed by atoms with Crippen molar-refractivity contribution >= 4 is 22.5 Å². The summed E-state index contributed by atoms with van der Waals surface area (Å²) < 4.78 is 2.49. The minimum Gasteiger partial charge on any atom is -0.190 e. The highest BCUT2D eigenvalue weighted by Crippen LogP contribution is 2.34. The summed E-state index contributed by atoms with van der Waals surface area (Å²) in [6, 6.07) is 8.78. The van der Waals surface area contributed by atoms with E-state index in [0.717, 1.165) is 0 Å².